The molecule has 1 aliphatic heterocycles. The molecule has 6 nitrogen and oxygen atoms in total. The molecule has 0 aromatic heterocycles. The van der Waals surface area contributed by atoms with E-state index in [1.807, 2.05) is 7.85 Å². The van der Waals surface area contributed by atoms with Gasteiger partial charge in [-0.15, -0.1) is 0 Å². The van der Waals surface area contributed by atoms with Crippen LogP contribution < -0.4 is 5.32 Å². The van der Waals surface area contributed by atoms with Gasteiger partial charge in [-0.25, -0.2) is 9.24 Å². The third-order valence-corrected chi connectivity index (χ3v) is 3.66. The van der Waals surface area contributed by atoms with Gasteiger partial charge in [0, 0.05) is 19.1 Å². The first-order chi connectivity index (χ1) is 6.92. The van der Waals surface area contributed by atoms with Crippen LogP contribution in [-0.2, 0) is 13.8 Å². The van der Waals surface area contributed by atoms with E-state index in [1.54, 1.807) is 0 Å². The van der Waals surface area contributed by atoms with E-state index in [-0.39, 0.29) is 18.7 Å². The number of nitrogens with one attached hydrogen (secondary N) is 1. The van der Waals surface area contributed by atoms with Crippen molar-refractivity contribution in [2.45, 2.75) is 12.1 Å². The fraction of sp³-hybridized carbons (Fsp3) is 1.00. The largest absolute Gasteiger partial charge is 0.405 e. The monoisotopic (exact) mass is 236 g/mol. The second-order valence-corrected chi connectivity index (χ2v) is 5.90. The van der Waals surface area contributed by atoms with Crippen molar-refractivity contribution in [2.24, 2.45) is 0 Å². The lowest BCUT2D eigenvalue weighted by Crippen LogP contribution is -2.46. The van der Waals surface area contributed by atoms with Gasteiger partial charge in [0.25, 0.3) is 0 Å². The van der Waals surface area contributed by atoms with E-state index in [0.717, 1.165) is 6.54 Å². The Labute approximate surface area is 90.9 Å². The summed E-state index contributed by atoms with van der Waals surface area (Å²) in [6.45, 7) is 1.59. The zero-order valence-corrected chi connectivity index (χ0v) is 10.2. The lowest BCUT2D eigenvalue weighted by atomic mass is 9.98. The Morgan fingerprint density at radius 3 is 2.87 bits per heavy atom. The van der Waals surface area contributed by atoms with Gasteiger partial charge in [-0.1, -0.05) is 0 Å². The first-order valence-corrected chi connectivity index (χ1v) is 6.46. The third-order valence-electron chi connectivity index (χ3n) is 2.16. The number of hydrogen-bond acceptors (Lipinski definition) is 4. The quantitative estimate of drug-likeness (QED) is 0.462. The molecule has 0 bridgehead atoms. The van der Waals surface area contributed by atoms with E-state index >= 15 is 0 Å². The van der Waals surface area contributed by atoms with Gasteiger partial charge in [-0.05, 0) is 14.1 Å². The van der Waals surface area contributed by atoms with Gasteiger partial charge < -0.3 is 14.9 Å². The van der Waals surface area contributed by atoms with Gasteiger partial charge in [0.1, 0.15) is 7.85 Å². The van der Waals surface area contributed by atoms with Crippen LogP contribution in [0.2, 0.25) is 0 Å². The molecule has 0 amide bonds. The number of hydrogen-bond donors (Lipinski definition) is 2. The van der Waals surface area contributed by atoms with Gasteiger partial charge in [-0.3, -0.25) is 4.52 Å². The molecule has 1 saturated heterocycles. The van der Waals surface area contributed by atoms with Crippen molar-refractivity contribution in [3.05, 3.63) is 0 Å². The fourth-order valence-electron chi connectivity index (χ4n) is 1.27. The van der Waals surface area contributed by atoms with Crippen molar-refractivity contribution in [3.63, 3.8) is 0 Å². The number of ether oxygens (including phenoxy) is 1. The molecule has 15 heavy (non-hydrogen) atoms. The summed E-state index contributed by atoms with van der Waals surface area (Å²) in [7, 11) is 1.33. The predicted octanol–water partition coefficient (Wildman–Crippen LogP) is -1.39. The molecule has 3 unspecified atom stereocenters. The Morgan fingerprint density at radius 1 is 1.67 bits per heavy atom. The summed E-state index contributed by atoms with van der Waals surface area (Å²) >= 11 is 0. The highest BCUT2D eigenvalue weighted by Crippen LogP contribution is 2.43. The molecule has 1 heterocycles. The molecule has 3 atom stereocenters. The molecule has 0 saturated carbocycles. The van der Waals surface area contributed by atoms with Crippen LogP contribution in [0.25, 0.3) is 0 Å². The molecule has 1 fully saturated rings. The topological polar surface area (TPSA) is 71.0 Å². The molecule has 0 aliphatic carbocycles. The van der Waals surface area contributed by atoms with Gasteiger partial charge in [0.05, 0.1) is 12.7 Å². The minimum atomic E-state index is -3.63. The molecular weight excluding hydrogens is 218 g/mol. The molecular formula is C7H18BN2O4P. The third kappa shape index (κ3) is 4.22. The maximum atomic E-state index is 11.4. The van der Waals surface area contributed by atoms with Crippen LogP contribution in [-0.4, -0.2) is 63.3 Å². The van der Waals surface area contributed by atoms with Crippen molar-refractivity contribution < 1.29 is 18.7 Å². The minimum absolute atomic E-state index is 0.116. The first-order valence-electron chi connectivity index (χ1n) is 4.93. The summed E-state index contributed by atoms with van der Waals surface area (Å²) in [5.74, 6) is 0. The molecule has 0 radical (unpaired) electrons. The summed E-state index contributed by atoms with van der Waals surface area (Å²) in [6.07, 6.45) is -0.158. The Hall–Kier alpha value is 0.0949. The highest BCUT2D eigenvalue weighted by molar-refractivity contribution is 7.50. The van der Waals surface area contributed by atoms with Crippen LogP contribution in [0.5, 0.6) is 0 Å². The van der Waals surface area contributed by atoms with E-state index in [4.69, 9.17) is 9.26 Å². The zero-order valence-electron chi connectivity index (χ0n) is 9.34. The molecule has 0 aromatic carbocycles. The second-order valence-electron chi connectivity index (χ2n) is 3.86. The lowest BCUT2D eigenvalue weighted by molar-refractivity contribution is -0.0237. The summed E-state index contributed by atoms with van der Waals surface area (Å²) in [4.78, 5) is 9.37. The highest BCUT2D eigenvalue weighted by atomic mass is 31.2. The average molecular weight is 236 g/mol. The number of rotatable bonds is 4. The van der Waals surface area contributed by atoms with Crippen LogP contribution in [0.4, 0.5) is 0 Å². The lowest BCUT2D eigenvalue weighted by Gasteiger charge is -2.29. The van der Waals surface area contributed by atoms with Crippen molar-refractivity contribution in [2.75, 3.05) is 33.8 Å². The standard InChI is InChI=1S/C7H18BN2O4P/c1-10(2)15(11,12)13-5-6-3-9-4-7(8)14-6/h6-7,9H,3-5,8H2,1-2H3,(H,11,12). The van der Waals surface area contributed by atoms with Gasteiger partial charge in [0.2, 0.25) is 0 Å². The molecule has 1 aliphatic rings. The Bertz CT molecular complexity index is 253. The minimum Gasteiger partial charge on any atom is -0.379 e. The van der Waals surface area contributed by atoms with Crippen molar-refractivity contribution in [1.82, 2.24) is 9.99 Å². The molecule has 88 valence electrons. The SMILES string of the molecule is BC1CNCC(COP(=O)(O)N(C)C)O1. The summed E-state index contributed by atoms with van der Waals surface area (Å²) in [6, 6.07) is 0.116. The molecule has 0 aromatic rings. The van der Waals surface area contributed by atoms with E-state index in [9.17, 15) is 9.46 Å². The Morgan fingerprint density at radius 2 is 2.33 bits per heavy atom. The highest BCUT2D eigenvalue weighted by Gasteiger charge is 2.26. The van der Waals surface area contributed by atoms with E-state index in [2.05, 4.69) is 5.32 Å². The van der Waals surface area contributed by atoms with Crippen LogP contribution in [0.3, 0.4) is 0 Å². The van der Waals surface area contributed by atoms with Crippen molar-refractivity contribution >= 4 is 15.6 Å². The fourth-order valence-corrected chi connectivity index (χ4v) is 1.86. The van der Waals surface area contributed by atoms with Crippen molar-refractivity contribution in [3.8, 4) is 0 Å². The van der Waals surface area contributed by atoms with Gasteiger partial charge >= 0.3 is 7.75 Å². The zero-order chi connectivity index (χ0) is 11.5. The van der Waals surface area contributed by atoms with E-state index < -0.39 is 7.75 Å². The maximum Gasteiger partial charge on any atom is 0.405 e. The normalized spacial score (nSPS) is 31.5. The molecule has 2 N–H and O–H groups in total. The van der Waals surface area contributed by atoms with E-state index in [0.29, 0.717) is 6.54 Å². The van der Waals surface area contributed by atoms with Gasteiger partial charge in [0.15, 0.2) is 0 Å². The number of morpholine rings is 1. The predicted molar refractivity (Wildman–Crippen MR) is 59.5 cm³/mol. The van der Waals surface area contributed by atoms with Gasteiger partial charge in [-0.2, -0.15) is 0 Å². The second kappa shape index (κ2) is 5.43. The summed E-state index contributed by atoms with van der Waals surface area (Å²) in [5, 5.41) is 3.16. The maximum absolute atomic E-state index is 11.4. The number of nitrogens with zero attached hydrogens (tertiary/aromatic N) is 1. The summed E-state index contributed by atoms with van der Waals surface area (Å²) in [5.41, 5.74) is 0. The van der Waals surface area contributed by atoms with E-state index in [1.165, 1.54) is 18.8 Å². The smallest absolute Gasteiger partial charge is 0.379 e. The van der Waals surface area contributed by atoms with Crippen molar-refractivity contribution in [1.29, 1.82) is 0 Å². The van der Waals surface area contributed by atoms with Crippen LogP contribution >= 0.6 is 7.75 Å². The summed E-state index contributed by atoms with van der Waals surface area (Å²) < 4.78 is 23.1. The Kier molecular flexibility index (Phi) is 4.77. The van der Waals surface area contributed by atoms with Crippen LogP contribution in [0, 0.1) is 0 Å². The van der Waals surface area contributed by atoms with Crippen LogP contribution in [0.15, 0.2) is 0 Å². The first kappa shape index (κ1) is 13.2. The molecule has 1 rings (SSSR count). The van der Waals surface area contributed by atoms with Crippen LogP contribution in [0.1, 0.15) is 0 Å². The molecule has 8 heteroatoms. The average Bonchev–Trinajstić information content (AvgIpc) is 2.15. The Balaban J connectivity index is 2.33. The molecule has 0 spiro atoms.